The highest BCUT2D eigenvalue weighted by atomic mass is 16.5. The Morgan fingerprint density at radius 2 is 1.70 bits per heavy atom. The van der Waals surface area contributed by atoms with Crippen LogP contribution in [-0.4, -0.2) is 13.0 Å². The summed E-state index contributed by atoms with van der Waals surface area (Å²) in [4.78, 5) is 11.7. The number of carbonyl (C=O) groups excluding carboxylic acids is 1. The first-order valence-corrected chi connectivity index (χ1v) is 6.36. The monoisotopic (exact) mass is 270 g/mol. The molecule has 1 atom stereocenters. The van der Waals surface area contributed by atoms with Crippen LogP contribution in [0, 0.1) is 6.92 Å². The summed E-state index contributed by atoms with van der Waals surface area (Å²) < 4.78 is 5.10. The summed E-state index contributed by atoms with van der Waals surface area (Å²) in [6.07, 6.45) is 0. The van der Waals surface area contributed by atoms with Crippen LogP contribution in [0.15, 0.2) is 48.5 Å². The minimum Gasteiger partial charge on any atom is -0.497 e. The largest absolute Gasteiger partial charge is 0.497 e. The molecule has 0 aliphatic rings. The molecule has 2 aromatic rings. The van der Waals surface area contributed by atoms with Crippen LogP contribution < -0.4 is 15.8 Å². The van der Waals surface area contributed by atoms with Crippen molar-refractivity contribution in [3.63, 3.8) is 0 Å². The number of ether oxygens (including phenoxy) is 1. The van der Waals surface area contributed by atoms with Gasteiger partial charge in [-0.25, -0.2) is 0 Å². The molecule has 4 heteroatoms. The van der Waals surface area contributed by atoms with E-state index in [1.54, 1.807) is 7.11 Å². The zero-order valence-corrected chi connectivity index (χ0v) is 11.6. The number of rotatable bonds is 5. The highest BCUT2D eigenvalue weighted by Crippen LogP contribution is 2.22. The van der Waals surface area contributed by atoms with Gasteiger partial charge in [0.25, 0.3) is 0 Å². The average Bonchev–Trinajstić information content (AvgIpc) is 2.46. The van der Waals surface area contributed by atoms with E-state index in [9.17, 15) is 4.79 Å². The van der Waals surface area contributed by atoms with Gasteiger partial charge in [-0.05, 0) is 36.8 Å². The summed E-state index contributed by atoms with van der Waals surface area (Å²) in [5.74, 6) is 0.322. The molecule has 20 heavy (non-hydrogen) atoms. The van der Waals surface area contributed by atoms with Crippen molar-refractivity contribution in [3.05, 3.63) is 59.7 Å². The molecule has 104 valence electrons. The molecule has 2 rings (SSSR count). The molecule has 0 radical (unpaired) electrons. The molecule has 1 unspecified atom stereocenters. The number of anilines is 1. The number of benzene rings is 2. The molecule has 0 saturated carbocycles. The number of amides is 1. The van der Waals surface area contributed by atoms with Crippen LogP contribution in [0.25, 0.3) is 0 Å². The van der Waals surface area contributed by atoms with Gasteiger partial charge in [0.05, 0.1) is 7.11 Å². The maximum absolute atomic E-state index is 11.7. The van der Waals surface area contributed by atoms with Crippen LogP contribution in [0.4, 0.5) is 5.69 Å². The lowest BCUT2D eigenvalue weighted by atomic mass is 10.1. The van der Waals surface area contributed by atoms with Crippen molar-refractivity contribution >= 4 is 11.6 Å². The van der Waals surface area contributed by atoms with E-state index in [0.717, 1.165) is 22.6 Å². The Morgan fingerprint density at radius 1 is 1.10 bits per heavy atom. The Balaban J connectivity index is 2.22. The molecule has 0 bridgehead atoms. The fraction of sp³-hybridized carbons (Fsp3) is 0.188. The number of hydrogen-bond donors (Lipinski definition) is 2. The minimum atomic E-state index is -0.566. The van der Waals surface area contributed by atoms with E-state index in [1.807, 2.05) is 55.5 Å². The van der Waals surface area contributed by atoms with Crippen molar-refractivity contribution in [2.75, 3.05) is 12.4 Å². The molecule has 3 N–H and O–H groups in total. The summed E-state index contributed by atoms with van der Waals surface area (Å²) in [5, 5.41) is 3.14. The third-order valence-electron chi connectivity index (χ3n) is 3.10. The smallest absolute Gasteiger partial charge is 0.244 e. The van der Waals surface area contributed by atoms with Gasteiger partial charge in [-0.2, -0.15) is 0 Å². The van der Waals surface area contributed by atoms with E-state index in [-0.39, 0.29) is 0 Å². The Hall–Kier alpha value is -2.49. The summed E-state index contributed by atoms with van der Waals surface area (Å²) in [5.41, 5.74) is 8.31. The molecule has 4 nitrogen and oxygen atoms in total. The van der Waals surface area contributed by atoms with Gasteiger partial charge in [0.2, 0.25) is 5.91 Å². The highest BCUT2D eigenvalue weighted by molar-refractivity contribution is 5.84. The Bertz CT molecular complexity index is 576. The van der Waals surface area contributed by atoms with E-state index in [2.05, 4.69) is 5.32 Å². The van der Waals surface area contributed by atoms with Gasteiger partial charge in [-0.15, -0.1) is 0 Å². The molecule has 2 aromatic carbocycles. The molecule has 0 heterocycles. The number of aryl methyl sites for hydroxylation is 1. The summed E-state index contributed by atoms with van der Waals surface area (Å²) in [7, 11) is 1.60. The summed E-state index contributed by atoms with van der Waals surface area (Å²) in [6, 6.07) is 14.5. The first-order chi connectivity index (χ1) is 9.60. The maximum Gasteiger partial charge on any atom is 0.244 e. The molecule has 0 fully saturated rings. The molecule has 0 aliphatic heterocycles. The van der Waals surface area contributed by atoms with Crippen molar-refractivity contribution in [2.24, 2.45) is 5.73 Å². The van der Waals surface area contributed by atoms with Crippen molar-refractivity contribution in [2.45, 2.75) is 13.0 Å². The maximum atomic E-state index is 11.7. The Morgan fingerprint density at radius 3 is 2.20 bits per heavy atom. The normalized spacial score (nSPS) is 11.7. The second kappa shape index (κ2) is 6.10. The fourth-order valence-electron chi connectivity index (χ4n) is 1.93. The van der Waals surface area contributed by atoms with E-state index < -0.39 is 11.9 Å². The standard InChI is InChI=1S/C16H18N2O2/c1-11-3-7-13(8-4-11)18-15(16(17)19)12-5-9-14(20-2)10-6-12/h3-10,15,18H,1-2H3,(H2,17,19). The van der Waals surface area contributed by atoms with Gasteiger partial charge >= 0.3 is 0 Å². The number of hydrogen-bond acceptors (Lipinski definition) is 3. The Labute approximate surface area is 118 Å². The van der Waals surface area contributed by atoms with Crippen LogP contribution in [-0.2, 0) is 4.79 Å². The number of methoxy groups -OCH3 is 1. The van der Waals surface area contributed by atoms with Crippen molar-refractivity contribution in [1.29, 1.82) is 0 Å². The van der Waals surface area contributed by atoms with Crippen molar-refractivity contribution in [3.8, 4) is 5.75 Å². The number of carbonyl (C=O) groups is 1. The zero-order valence-electron chi connectivity index (χ0n) is 11.6. The lowest BCUT2D eigenvalue weighted by Crippen LogP contribution is -2.27. The van der Waals surface area contributed by atoms with Crippen LogP contribution in [0.1, 0.15) is 17.2 Å². The predicted octanol–water partition coefficient (Wildman–Crippen LogP) is 2.64. The fourth-order valence-corrected chi connectivity index (χ4v) is 1.93. The molecule has 0 spiro atoms. The molecule has 1 amide bonds. The van der Waals surface area contributed by atoms with Gasteiger partial charge < -0.3 is 15.8 Å². The van der Waals surface area contributed by atoms with Crippen LogP contribution in [0.5, 0.6) is 5.75 Å². The third kappa shape index (κ3) is 3.29. The molecular formula is C16H18N2O2. The van der Waals surface area contributed by atoms with Crippen LogP contribution in [0.2, 0.25) is 0 Å². The molecule has 0 aromatic heterocycles. The van der Waals surface area contributed by atoms with E-state index in [4.69, 9.17) is 10.5 Å². The quantitative estimate of drug-likeness (QED) is 0.877. The van der Waals surface area contributed by atoms with Crippen LogP contribution >= 0.6 is 0 Å². The van der Waals surface area contributed by atoms with Gasteiger partial charge in [0, 0.05) is 5.69 Å². The number of nitrogens with two attached hydrogens (primary N) is 1. The highest BCUT2D eigenvalue weighted by Gasteiger charge is 2.17. The van der Waals surface area contributed by atoms with Crippen molar-refractivity contribution in [1.82, 2.24) is 0 Å². The SMILES string of the molecule is COc1ccc(C(Nc2ccc(C)cc2)C(N)=O)cc1. The topological polar surface area (TPSA) is 64.3 Å². The molecule has 0 aliphatic carbocycles. The average molecular weight is 270 g/mol. The summed E-state index contributed by atoms with van der Waals surface area (Å²) in [6.45, 7) is 2.01. The predicted molar refractivity (Wildman–Crippen MR) is 79.7 cm³/mol. The Kier molecular flexibility index (Phi) is 4.25. The molecular weight excluding hydrogens is 252 g/mol. The van der Waals surface area contributed by atoms with E-state index in [0.29, 0.717) is 0 Å². The first kappa shape index (κ1) is 13.9. The summed E-state index contributed by atoms with van der Waals surface area (Å²) >= 11 is 0. The van der Waals surface area contributed by atoms with Gasteiger partial charge in [0.15, 0.2) is 0 Å². The number of nitrogens with one attached hydrogen (secondary N) is 1. The van der Waals surface area contributed by atoms with Crippen LogP contribution in [0.3, 0.4) is 0 Å². The van der Waals surface area contributed by atoms with Gasteiger partial charge in [-0.1, -0.05) is 29.8 Å². The second-order valence-corrected chi connectivity index (χ2v) is 4.62. The van der Waals surface area contributed by atoms with Gasteiger partial charge in [0.1, 0.15) is 11.8 Å². The lowest BCUT2D eigenvalue weighted by molar-refractivity contribution is -0.118. The zero-order chi connectivity index (χ0) is 14.5. The molecule has 0 saturated heterocycles. The number of primary amides is 1. The van der Waals surface area contributed by atoms with E-state index in [1.165, 1.54) is 0 Å². The lowest BCUT2D eigenvalue weighted by Gasteiger charge is -2.17. The minimum absolute atomic E-state index is 0.421. The van der Waals surface area contributed by atoms with Gasteiger partial charge in [-0.3, -0.25) is 4.79 Å². The van der Waals surface area contributed by atoms with Crippen molar-refractivity contribution < 1.29 is 9.53 Å². The first-order valence-electron chi connectivity index (χ1n) is 6.36. The van der Waals surface area contributed by atoms with E-state index >= 15 is 0 Å². The third-order valence-corrected chi connectivity index (χ3v) is 3.10. The second-order valence-electron chi connectivity index (χ2n) is 4.62.